The van der Waals surface area contributed by atoms with Crippen molar-refractivity contribution in [3.05, 3.63) is 57.8 Å². The van der Waals surface area contributed by atoms with Crippen LogP contribution in [-0.2, 0) is 12.8 Å². The fourth-order valence-corrected chi connectivity index (χ4v) is 3.52. The first-order valence-corrected chi connectivity index (χ1v) is 8.24. The molecule has 0 fully saturated rings. The molecule has 0 saturated heterocycles. The maximum absolute atomic E-state index is 4.65. The molecule has 20 heavy (non-hydrogen) atoms. The summed E-state index contributed by atoms with van der Waals surface area (Å²) >= 11 is 5.20. The van der Waals surface area contributed by atoms with Crippen LogP contribution >= 0.6 is 27.3 Å². The van der Waals surface area contributed by atoms with Crippen LogP contribution in [0.1, 0.15) is 11.3 Å². The van der Waals surface area contributed by atoms with Gasteiger partial charge in [0.15, 0.2) is 4.96 Å². The lowest BCUT2D eigenvalue weighted by molar-refractivity contribution is 0.551. The van der Waals surface area contributed by atoms with Crippen molar-refractivity contribution < 1.29 is 0 Å². The van der Waals surface area contributed by atoms with E-state index in [0.29, 0.717) is 6.04 Å². The highest BCUT2D eigenvalue weighted by Crippen LogP contribution is 2.16. The van der Waals surface area contributed by atoms with Crippen LogP contribution in [-0.4, -0.2) is 22.5 Å². The van der Waals surface area contributed by atoms with E-state index in [-0.39, 0.29) is 0 Å². The molecule has 0 aliphatic carbocycles. The van der Waals surface area contributed by atoms with E-state index < -0.39 is 0 Å². The van der Waals surface area contributed by atoms with Gasteiger partial charge in [-0.15, -0.1) is 11.3 Å². The van der Waals surface area contributed by atoms with Crippen molar-refractivity contribution >= 4 is 32.2 Å². The van der Waals surface area contributed by atoms with Crippen molar-refractivity contribution in [1.29, 1.82) is 0 Å². The lowest BCUT2D eigenvalue weighted by Crippen LogP contribution is -2.30. The molecular weight excluding hydrogens is 334 g/mol. The molecule has 2 aromatic heterocycles. The summed E-state index contributed by atoms with van der Waals surface area (Å²) in [6, 6.07) is 8.88. The van der Waals surface area contributed by atoms with Gasteiger partial charge in [-0.1, -0.05) is 28.1 Å². The van der Waals surface area contributed by atoms with Gasteiger partial charge in [-0.3, -0.25) is 4.40 Å². The Bertz CT molecular complexity index is 675. The molecule has 0 radical (unpaired) electrons. The van der Waals surface area contributed by atoms with Crippen molar-refractivity contribution in [2.45, 2.75) is 18.9 Å². The van der Waals surface area contributed by atoms with E-state index in [1.54, 1.807) is 11.3 Å². The molecule has 104 valence electrons. The third-order valence-corrected chi connectivity index (χ3v) is 4.64. The van der Waals surface area contributed by atoms with Gasteiger partial charge < -0.3 is 5.32 Å². The highest BCUT2D eigenvalue weighted by molar-refractivity contribution is 9.10. The van der Waals surface area contributed by atoms with E-state index in [1.165, 1.54) is 5.56 Å². The zero-order valence-electron chi connectivity index (χ0n) is 11.2. The standard InChI is InChI=1S/C15H16BrN3S/c1-17-13(8-11-3-2-4-12(16)7-11)9-14-10-19-5-6-20-15(19)18-14/h2-7,10,13,17H,8-9H2,1H3. The van der Waals surface area contributed by atoms with E-state index >= 15 is 0 Å². The summed E-state index contributed by atoms with van der Waals surface area (Å²) in [6.45, 7) is 0. The summed E-state index contributed by atoms with van der Waals surface area (Å²) in [4.78, 5) is 5.72. The summed E-state index contributed by atoms with van der Waals surface area (Å²) < 4.78 is 3.22. The van der Waals surface area contributed by atoms with Gasteiger partial charge in [-0.2, -0.15) is 0 Å². The van der Waals surface area contributed by atoms with Gasteiger partial charge in [-0.05, 0) is 31.2 Å². The van der Waals surface area contributed by atoms with Gasteiger partial charge in [-0.25, -0.2) is 4.98 Å². The van der Waals surface area contributed by atoms with Crippen LogP contribution in [0.2, 0.25) is 0 Å². The van der Waals surface area contributed by atoms with Crippen LogP contribution < -0.4 is 5.32 Å². The Morgan fingerprint density at radius 1 is 1.40 bits per heavy atom. The first kappa shape index (κ1) is 13.8. The summed E-state index contributed by atoms with van der Waals surface area (Å²) in [5.41, 5.74) is 2.48. The maximum atomic E-state index is 4.65. The quantitative estimate of drug-likeness (QED) is 0.763. The van der Waals surface area contributed by atoms with E-state index in [9.17, 15) is 0 Å². The molecule has 0 aliphatic heterocycles. The maximum Gasteiger partial charge on any atom is 0.193 e. The molecule has 3 nitrogen and oxygen atoms in total. The molecular formula is C15H16BrN3S. The Morgan fingerprint density at radius 2 is 2.30 bits per heavy atom. The monoisotopic (exact) mass is 349 g/mol. The number of benzene rings is 1. The number of thiazole rings is 1. The van der Waals surface area contributed by atoms with Gasteiger partial charge >= 0.3 is 0 Å². The van der Waals surface area contributed by atoms with Crippen molar-refractivity contribution in [1.82, 2.24) is 14.7 Å². The zero-order chi connectivity index (χ0) is 13.9. The molecule has 2 heterocycles. The number of hydrogen-bond acceptors (Lipinski definition) is 3. The van der Waals surface area contributed by atoms with Gasteiger partial charge in [0.1, 0.15) is 0 Å². The third-order valence-electron chi connectivity index (χ3n) is 3.38. The van der Waals surface area contributed by atoms with E-state index in [4.69, 9.17) is 0 Å². The van der Waals surface area contributed by atoms with Crippen LogP contribution in [0.3, 0.4) is 0 Å². The smallest absolute Gasteiger partial charge is 0.193 e. The van der Waals surface area contributed by atoms with Crippen LogP contribution in [0.4, 0.5) is 0 Å². The van der Waals surface area contributed by atoms with Gasteiger partial charge in [0, 0.05) is 34.7 Å². The Labute approximate surface area is 130 Å². The van der Waals surface area contributed by atoms with Crippen molar-refractivity contribution in [3.8, 4) is 0 Å². The third kappa shape index (κ3) is 3.11. The summed E-state index contributed by atoms with van der Waals surface area (Å²) in [5.74, 6) is 0. The van der Waals surface area contributed by atoms with Crippen LogP contribution in [0.5, 0.6) is 0 Å². The average molecular weight is 350 g/mol. The molecule has 3 rings (SSSR count). The Hall–Kier alpha value is -1.17. The lowest BCUT2D eigenvalue weighted by Gasteiger charge is -2.15. The molecule has 5 heteroatoms. The van der Waals surface area contributed by atoms with Gasteiger partial charge in [0.2, 0.25) is 0 Å². The molecule has 1 unspecified atom stereocenters. The highest BCUT2D eigenvalue weighted by Gasteiger charge is 2.11. The molecule has 1 N–H and O–H groups in total. The van der Waals surface area contributed by atoms with Crippen LogP contribution in [0, 0.1) is 0 Å². The lowest BCUT2D eigenvalue weighted by atomic mass is 10.0. The fraction of sp³-hybridized carbons (Fsp3) is 0.267. The summed E-state index contributed by atoms with van der Waals surface area (Å²) in [5, 5.41) is 5.45. The largest absolute Gasteiger partial charge is 0.316 e. The number of rotatable bonds is 5. The fourth-order valence-electron chi connectivity index (χ4n) is 2.35. The second-order valence-electron chi connectivity index (χ2n) is 4.85. The molecule has 1 aromatic carbocycles. The number of nitrogens with zero attached hydrogens (tertiary/aromatic N) is 2. The highest BCUT2D eigenvalue weighted by atomic mass is 79.9. The van der Waals surface area contributed by atoms with Gasteiger partial charge in [0.25, 0.3) is 0 Å². The van der Waals surface area contributed by atoms with Crippen molar-refractivity contribution in [2.75, 3.05) is 7.05 Å². The minimum absolute atomic E-state index is 0.397. The second kappa shape index (κ2) is 6.08. The predicted molar refractivity (Wildman–Crippen MR) is 87.5 cm³/mol. The molecule has 0 saturated carbocycles. The Morgan fingerprint density at radius 3 is 3.05 bits per heavy atom. The number of halogens is 1. The summed E-state index contributed by atoms with van der Waals surface area (Å²) in [7, 11) is 2.01. The number of nitrogens with one attached hydrogen (secondary N) is 1. The number of fused-ring (bicyclic) bond motifs is 1. The average Bonchev–Trinajstić information content (AvgIpc) is 2.98. The van der Waals surface area contributed by atoms with E-state index in [2.05, 4.69) is 72.7 Å². The normalized spacial score (nSPS) is 12.9. The van der Waals surface area contributed by atoms with Crippen molar-refractivity contribution in [2.24, 2.45) is 0 Å². The Kier molecular flexibility index (Phi) is 4.19. The minimum Gasteiger partial charge on any atom is -0.316 e. The number of aromatic nitrogens is 2. The molecule has 1 atom stereocenters. The molecule has 0 bridgehead atoms. The molecule has 0 aliphatic rings. The number of hydrogen-bond donors (Lipinski definition) is 1. The predicted octanol–water partition coefficient (Wildman–Crippen LogP) is 3.53. The SMILES string of the molecule is CNC(Cc1cccc(Br)c1)Cc1cn2ccsc2n1. The minimum atomic E-state index is 0.397. The van der Waals surface area contributed by atoms with Gasteiger partial charge in [0.05, 0.1) is 5.69 Å². The number of imidazole rings is 1. The van der Waals surface area contributed by atoms with Crippen LogP contribution in [0.25, 0.3) is 4.96 Å². The molecule has 0 spiro atoms. The second-order valence-corrected chi connectivity index (χ2v) is 6.64. The topological polar surface area (TPSA) is 29.3 Å². The molecule has 0 amide bonds. The van der Waals surface area contributed by atoms with E-state index in [0.717, 1.165) is 28.0 Å². The molecule has 3 aromatic rings. The Balaban J connectivity index is 1.72. The summed E-state index contributed by atoms with van der Waals surface area (Å²) in [6.07, 6.45) is 6.12. The van der Waals surface area contributed by atoms with Crippen molar-refractivity contribution in [3.63, 3.8) is 0 Å². The van der Waals surface area contributed by atoms with E-state index in [1.807, 2.05) is 7.05 Å². The van der Waals surface area contributed by atoms with Crippen LogP contribution in [0.15, 0.2) is 46.5 Å². The number of likely N-dealkylation sites (N-methyl/N-ethyl adjacent to an activating group) is 1. The zero-order valence-corrected chi connectivity index (χ0v) is 13.6. The first-order chi connectivity index (χ1) is 9.74. The first-order valence-electron chi connectivity index (χ1n) is 6.57.